The Morgan fingerprint density at radius 2 is 1.91 bits per heavy atom. The highest BCUT2D eigenvalue weighted by atomic mass is 16.7. The van der Waals surface area contributed by atoms with Gasteiger partial charge in [-0.3, -0.25) is 4.90 Å². The molecule has 1 aromatic rings. The van der Waals surface area contributed by atoms with Gasteiger partial charge in [-0.2, -0.15) is 0 Å². The second-order valence-corrected chi connectivity index (χ2v) is 5.71. The van der Waals surface area contributed by atoms with E-state index in [4.69, 9.17) is 18.9 Å². The van der Waals surface area contributed by atoms with Gasteiger partial charge in [0.15, 0.2) is 17.8 Å². The zero-order valence-electron chi connectivity index (χ0n) is 13.2. The first kappa shape index (κ1) is 15.6. The van der Waals surface area contributed by atoms with Gasteiger partial charge in [-0.05, 0) is 31.5 Å². The molecule has 0 bridgehead atoms. The van der Waals surface area contributed by atoms with Gasteiger partial charge in [-0.25, -0.2) is 0 Å². The standard InChI is InChI=1S/C17H25NO4/c1-19-15-7-2-3-8-16(15)20-11-10-18-9-5-4-6-14(18)17-21-12-13-22-17/h2-3,7-8,14,17H,4-6,9-13H2,1H3. The summed E-state index contributed by atoms with van der Waals surface area (Å²) in [5, 5.41) is 0. The third kappa shape index (κ3) is 3.72. The molecule has 5 heteroatoms. The number of likely N-dealkylation sites (tertiary alicyclic amines) is 1. The zero-order chi connectivity index (χ0) is 15.2. The minimum Gasteiger partial charge on any atom is -0.493 e. The van der Waals surface area contributed by atoms with Crippen molar-refractivity contribution < 1.29 is 18.9 Å². The first-order valence-electron chi connectivity index (χ1n) is 8.11. The number of piperidine rings is 1. The molecule has 1 unspecified atom stereocenters. The van der Waals surface area contributed by atoms with E-state index in [1.807, 2.05) is 24.3 Å². The molecule has 0 spiro atoms. The van der Waals surface area contributed by atoms with Crippen LogP contribution in [-0.4, -0.2) is 57.3 Å². The Morgan fingerprint density at radius 1 is 1.14 bits per heavy atom. The van der Waals surface area contributed by atoms with Crippen LogP contribution in [0.25, 0.3) is 0 Å². The molecular weight excluding hydrogens is 282 g/mol. The van der Waals surface area contributed by atoms with Crippen molar-refractivity contribution in [3.8, 4) is 11.5 Å². The van der Waals surface area contributed by atoms with E-state index in [0.717, 1.165) is 31.0 Å². The number of para-hydroxylation sites is 2. The Hall–Kier alpha value is -1.30. The maximum atomic E-state index is 5.89. The first-order valence-corrected chi connectivity index (χ1v) is 8.11. The van der Waals surface area contributed by atoms with Gasteiger partial charge >= 0.3 is 0 Å². The number of methoxy groups -OCH3 is 1. The van der Waals surface area contributed by atoms with Crippen LogP contribution in [0.1, 0.15) is 19.3 Å². The monoisotopic (exact) mass is 307 g/mol. The smallest absolute Gasteiger partial charge is 0.173 e. The average Bonchev–Trinajstić information content (AvgIpc) is 3.10. The lowest BCUT2D eigenvalue weighted by atomic mass is 10.0. The summed E-state index contributed by atoms with van der Waals surface area (Å²) in [6.45, 7) is 4.04. The molecule has 0 radical (unpaired) electrons. The van der Waals surface area contributed by atoms with Crippen molar-refractivity contribution in [2.24, 2.45) is 0 Å². The van der Waals surface area contributed by atoms with Crippen molar-refractivity contribution in [1.29, 1.82) is 0 Å². The molecule has 2 heterocycles. The van der Waals surface area contributed by atoms with Crippen molar-refractivity contribution in [3.05, 3.63) is 24.3 Å². The summed E-state index contributed by atoms with van der Waals surface area (Å²) in [6.07, 6.45) is 3.56. The normalized spacial score (nSPS) is 23.6. The van der Waals surface area contributed by atoms with E-state index in [2.05, 4.69) is 4.90 Å². The lowest BCUT2D eigenvalue weighted by Gasteiger charge is -2.37. The van der Waals surface area contributed by atoms with Crippen LogP contribution in [0.5, 0.6) is 11.5 Å². The Morgan fingerprint density at radius 3 is 2.68 bits per heavy atom. The van der Waals surface area contributed by atoms with Crippen LogP contribution in [0.4, 0.5) is 0 Å². The van der Waals surface area contributed by atoms with Gasteiger partial charge in [-0.15, -0.1) is 0 Å². The maximum absolute atomic E-state index is 5.89. The van der Waals surface area contributed by atoms with E-state index in [-0.39, 0.29) is 6.29 Å². The summed E-state index contributed by atoms with van der Waals surface area (Å²) in [7, 11) is 1.66. The van der Waals surface area contributed by atoms with Crippen LogP contribution in [0.3, 0.4) is 0 Å². The maximum Gasteiger partial charge on any atom is 0.173 e. The molecule has 22 heavy (non-hydrogen) atoms. The number of ether oxygens (including phenoxy) is 4. The van der Waals surface area contributed by atoms with E-state index >= 15 is 0 Å². The number of nitrogens with zero attached hydrogens (tertiary/aromatic N) is 1. The van der Waals surface area contributed by atoms with Gasteiger partial charge in [0, 0.05) is 6.54 Å². The summed E-state index contributed by atoms with van der Waals surface area (Å²) >= 11 is 0. The fourth-order valence-electron chi connectivity index (χ4n) is 3.21. The SMILES string of the molecule is COc1ccccc1OCCN1CCCCC1C1OCCO1. The molecule has 0 aliphatic carbocycles. The fourth-order valence-corrected chi connectivity index (χ4v) is 3.21. The molecule has 3 rings (SSSR count). The number of hydrogen-bond donors (Lipinski definition) is 0. The second kappa shape index (κ2) is 7.81. The van der Waals surface area contributed by atoms with Crippen LogP contribution >= 0.6 is 0 Å². The molecular formula is C17H25NO4. The first-order chi connectivity index (χ1) is 10.9. The van der Waals surface area contributed by atoms with E-state index in [0.29, 0.717) is 25.9 Å². The number of benzene rings is 1. The number of rotatable bonds is 6. The van der Waals surface area contributed by atoms with E-state index < -0.39 is 0 Å². The highest BCUT2D eigenvalue weighted by Gasteiger charge is 2.33. The van der Waals surface area contributed by atoms with Crippen molar-refractivity contribution in [3.63, 3.8) is 0 Å². The molecule has 2 saturated heterocycles. The molecule has 2 aliphatic rings. The van der Waals surface area contributed by atoms with Crippen LogP contribution in [0.2, 0.25) is 0 Å². The fraction of sp³-hybridized carbons (Fsp3) is 0.647. The van der Waals surface area contributed by atoms with Crippen LogP contribution in [-0.2, 0) is 9.47 Å². The Kier molecular flexibility index (Phi) is 5.53. The van der Waals surface area contributed by atoms with Crippen molar-refractivity contribution in [2.75, 3.05) is 40.0 Å². The highest BCUT2D eigenvalue weighted by Crippen LogP contribution is 2.27. The Balaban J connectivity index is 1.52. The van der Waals surface area contributed by atoms with E-state index in [9.17, 15) is 0 Å². The molecule has 1 aromatic carbocycles. The predicted molar refractivity (Wildman–Crippen MR) is 83.4 cm³/mol. The third-order valence-corrected chi connectivity index (χ3v) is 4.33. The number of hydrogen-bond acceptors (Lipinski definition) is 5. The minimum atomic E-state index is -0.0634. The van der Waals surface area contributed by atoms with Crippen LogP contribution in [0, 0.1) is 0 Å². The molecule has 0 saturated carbocycles. The minimum absolute atomic E-state index is 0.0634. The van der Waals surface area contributed by atoms with Crippen molar-refractivity contribution in [1.82, 2.24) is 4.90 Å². The summed E-state index contributed by atoms with van der Waals surface area (Å²) < 4.78 is 22.6. The van der Waals surface area contributed by atoms with Gasteiger partial charge in [0.05, 0.1) is 26.4 Å². The van der Waals surface area contributed by atoms with Crippen molar-refractivity contribution in [2.45, 2.75) is 31.6 Å². The lowest BCUT2D eigenvalue weighted by Crippen LogP contribution is -2.48. The van der Waals surface area contributed by atoms with Crippen molar-refractivity contribution >= 4 is 0 Å². The van der Waals surface area contributed by atoms with E-state index in [1.165, 1.54) is 12.8 Å². The van der Waals surface area contributed by atoms with Crippen LogP contribution in [0.15, 0.2) is 24.3 Å². The largest absolute Gasteiger partial charge is 0.493 e. The second-order valence-electron chi connectivity index (χ2n) is 5.71. The van der Waals surface area contributed by atoms with Gasteiger partial charge in [0.2, 0.25) is 0 Å². The molecule has 0 N–H and O–H groups in total. The van der Waals surface area contributed by atoms with Gasteiger partial charge in [0.1, 0.15) is 6.61 Å². The lowest BCUT2D eigenvalue weighted by molar-refractivity contribution is -0.110. The Bertz CT molecular complexity index is 462. The zero-order valence-corrected chi connectivity index (χ0v) is 13.2. The topological polar surface area (TPSA) is 40.2 Å². The summed E-state index contributed by atoms with van der Waals surface area (Å²) in [6, 6.07) is 8.12. The molecule has 1 atom stereocenters. The highest BCUT2D eigenvalue weighted by molar-refractivity contribution is 5.39. The molecule has 5 nitrogen and oxygen atoms in total. The average molecular weight is 307 g/mol. The molecule has 0 aromatic heterocycles. The Labute approximate surface area is 132 Å². The van der Waals surface area contributed by atoms with Gasteiger partial charge in [-0.1, -0.05) is 18.6 Å². The summed E-state index contributed by atoms with van der Waals surface area (Å²) in [5.74, 6) is 1.58. The predicted octanol–water partition coefficient (Wildman–Crippen LogP) is 2.30. The summed E-state index contributed by atoms with van der Waals surface area (Å²) in [5.41, 5.74) is 0. The molecule has 2 aliphatic heterocycles. The third-order valence-electron chi connectivity index (χ3n) is 4.33. The van der Waals surface area contributed by atoms with Gasteiger partial charge in [0.25, 0.3) is 0 Å². The van der Waals surface area contributed by atoms with Gasteiger partial charge < -0.3 is 18.9 Å². The summed E-state index contributed by atoms with van der Waals surface area (Å²) in [4.78, 5) is 2.44. The molecule has 2 fully saturated rings. The molecule has 0 amide bonds. The van der Waals surface area contributed by atoms with E-state index in [1.54, 1.807) is 7.11 Å². The quantitative estimate of drug-likeness (QED) is 0.806. The molecule has 122 valence electrons. The van der Waals surface area contributed by atoms with Crippen LogP contribution < -0.4 is 9.47 Å².